The molecule has 2 amide bonds. The number of halogens is 4. The van der Waals surface area contributed by atoms with Crippen LogP contribution in [0.15, 0.2) is 78.4 Å². The molecule has 18 heteroatoms. The molecule has 2 aromatic carbocycles. The fraction of sp³-hybridized carbons (Fsp3) is 0.408. The normalized spacial score (nSPS) is 18.8. The molecule has 0 unspecified atom stereocenters. The summed E-state index contributed by atoms with van der Waals surface area (Å²) in [6.45, 7) is 14.1. The molecule has 3 aromatic heterocycles. The van der Waals surface area contributed by atoms with Crippen molar-refractivity contribution in [2.45, 2.75) is 77.9 Å². The van der Waals surface area contributed by atoms with Crippen molar-refractivity contribution in [3.05, 3.63) is 117 Å². The molecule has 67 heavy (non-hydrogen) atoms. The zero-order valence-electron chi connectivity index (χ0n) is 38.0. The zero-order valence-corrected chi connectivity index (χ0v) is 38.7. The number of nitrogens with zero attached hydrogens (tertiary/aromatic N) is 8. The lowest BCUT2D eigenvalue weighted by molar-refractivity contribution is -0.137. The van der Waals surface area contributed by atoms with E-state index in [0.29, 0.717) is 78.1 Å². The number of aryl methyl sites for hydroxylation is 1. The lowest BCUT2D eigenvalue weighted by atomic mass is 9.90. The van der Waals surface area contributed by atoms with Gasteiger partial charge in [-0.15, -0.1) is 0 Å². The number of alkyl halides is 3. The lowest BCUT2D eigenvalue weighted by Crippen LogP contribution is -2.57. The van der Waals surface area contributed by atoms with Gasteiger partial charge in [0.05, 0.1) is 34.3 Å². The summed E-state index contributed by atoms with van der Waals surface area (Å²) in [6.07, 6.45) is 3.22. The predicted octanol–water partition coefficient (Wildman–Crippen LogP) is 7.64. The summed E-state index contributed by atoms with van der Waals surface area (Å²) in [5.41, 5.74) is 5.51. The van der Waals surface area contributed by atoms with Gasteiger partial charge in [-0.25, -0.2) is 9.97 Å². The molecule has 14 nitrogen and oxygen atoms in total. The highest BCUT2D eigenvalue weighted by Gasteiger charge is 2.39. The molecule has 352 valence electrons. The second-order valence-electron chi connectivity index (χ2n) is 18.8. The third kappa shape index (κ3) is 8.91. The number of aromatic nitrogens is 4. The lowest BCUT2D eigenvalue weighted by Gasteiger charge is -2.47. The number of hydrogen-bond acceptors (Lipinski definition) is 10. The first kappa shape index (κ1) is 46.0. The molecule has 4 aliphatic rings. The van der Waals surface area contributed by atoms with Gasteiger partial charge in [-0.3, -0.25) is 24.2 Å². The van der Waals surface area contributed by atoms with Crippen LogP contribution in [-0.4, -0.2) is 92.3 Å². The number of nitrogens with one attached hydrogen (secondary N) is 2. The summed E-state index contributed by atoms with van der Waals surface area (Å²) in [6, 6.07) is 13.5. The van der Waals surface area contributed by atoms with Gasteiger partial charge in [-0.1, -0.05) is 32.0 Å². The quantitative estimate of drug-likeness (QED) is 0.120. The van der Waals surface area contributed by atoms with Crippen LogP contribution in [0.1, 0.15) is 66.5 Å². The van der Waals surface area contributed by atoms with Crippen LogP contribution in [-0.2, 0) is 44.0 Å². The Morgan fingerprint density at radius 3 is 2.51 bits per heavy atom. The third-order valence-electron chi connectivity index (χ3n) is 13.7. The van der Waals surface area contributed by atoms with E-state index in [1.807, 2.05) is 23.1 Å². The zero-order chi connectivity index (χ0) is 47.5. The summed E-state index contributed by atoms with van der Waals surface area (Å²) in [5.74, 6) is -0.254. The molecule has 1 aliphatic carbocycles. The van der Waals surface area contributed by atoms with E-state index >= 15 is 0 Å². The van der Waals surface area contributed by atoms with Crippen LogP contribution in [0.5, 0.6) is 0 Å². The second-order valence-corrected chi connectivity index (χ2v) is 19.2. The van der Waals surface area contributed by atoms with Crippen molar-refractivity contribution in [3.63, 3.8) is 0 Å². The van der Waals surface area contributed by atoms with E-state index in [2.05, 4.69) is 57.3 Å². The number of amides is 2. The molecule has 2 saturated heterocycles. The number of benzene rings is 2. The van der Waals surface area contributed by atoms with E-state index in [9.17, 15) is 32.7 Å². The highest BCUT2D eigenvalue weighted by Crippen LogP contribution is 2.41. The van der Waals surface area contributed by atoms with Gasteiger partial charge >= 0.3 is 6.18 Å². The van der Waals surface area contributed by atoms with Crippen LogP contribution in [0.4, 0.5) is 47.6 Å². The highest BCUT2D eigenvalue weighted by molar-refractivity contribution is 6.31. The third-order valence-corrected chi connectivity index (χ3v) is 14.0. The number of carbonyl (C=O) groups is 2. The molecule has 0 radical (unpaired) electrons. The van der Waals surface area contributed by atoms with Gasteiger partial charge in [0.25, 0.3) is 11.5 Å². The van der Waals surface area contributed by atoms with E-state index in [1.165, 1.54) is 28.0 Å². The van der Waals surface area contributed by atoms with E-state index < -0.39 is 29.8 Å². The van der Waals surface area contributed by atoms with Crippen molar-refractivity contribution in [2.75, 3.05) is 64.6 Å². The predicted molar refractivity (Wildman–Crippen MR) is 255 cm³/mol. The summed E-state index contributed by atoms with van der Waals surface area (Å²) < 4.78 is 44.2. The molecule has 5 aromatic rings. The number of anilines is 6. The van der Waals surface area contributed by atoms with Gasteiger partial charge in [-0.2, -0.15) is 13.2 Å². The van der Waals surface area contributed by atoms with Gasteiger partial charge < -0.3 is 34.7 Å². The minimum absolute atomic E-state index is 0.00481. The van der Waals surface area contributed by atoms with Crippen molar-refractivity contribution < 1.29 is 27.9 Å². The molecule has 0 spiro atoms. The minimum atomic E-state index is -4.53. The number of aliphatic hydroxyl groups is 1. The number of carbonyl (C=O) groups excluding carboxylic acids is 2. The standard InChI is InChI=1S/C49H54ClF3N10O4/c1-6-43(65)56-38-22-31(7-10-40(38)61-18-17-60(26-29(61)2)32-12-15-59(16-13-32)33-8-9-37(50)36(23-33)49(51,52)53)55-44-47(67)58(5)27-39(57-44)34-11-14-54-45(35(34)28-64)63-20-19-62-41(46(63)66)21-30-24-48(3,4)25-42(30)62/h6-11,14,21-23,27,29,32,64H,1,12-13,15-20,24-26,28H2,2-5H3,(H,55,57)(H,56,65)/t29-/m0/s1. The number of piperazine rings is 1. The average Bonchev–Trinajstić information content (AvgIpc) is 3.79. The Bertz CT molecular complexity index is 2830. The van der Waals surface area contributed by atoms with Gasteiger partial charge in [0.15, 0.2) is 5.82 Å². The monoisotopic (exact) mass is 938 g/mol. The number of fused-ring (bicyclic) bond motifs is 3. The molecule has 9 rings (SSSR count). The second kappa shape index (κ2) is 17.8. The first-order valence-electron chi connectivity index (χ1n) is 22.6. The number of aliphatic hydroxyl groups excluding tert-OH is 1. The van der Waals surface area contributed by atoms with Gasteiger partial charge in [0.1, 0.15) is 11.5 Å². The Kier molecular flexibility index (Phi) is 12.2. The maximum Gasteiger partial charge on any atom is 0.417 e. The van der Waals surface area contributed by atoms with Crippen molar-refractivity contribution in [1.29, 1.82) is 0 Å². The summed E-state index contributed by atoms with van der Waals surface area (Å²) in [4.78, 5) is 58.1. The molecule has 0 bridgehead atoms. The summed E-state index contributed by atoms with van der Waals surface area (Å²) in [7, 11) is 1.61. The van der Waals surface area contributed by atoms with Crippen molar-refractivity contribution in [2.24, 2.45) is 12.5 Å². The molecule has 2 fully saturated rings. The summed E-state index contributed by atoms with van der Waals surface area (Å²) in [5, 5.41) is 16.6. The number of pyridine rings is 1. The number of rotatable bonds is 10. The average molecular weight is 939 g/mol. The molecular weight excluding hydrogens is 885 g/mol. The molecule has 0 saturated carbocycles. The van der Waals surface area contributed by atoms with E-state index in [1.54, 1.807) is 42.5 Å². The Morgan fingerprint density at radius 1 is 1.01 bits per heavy atom. The van der Waals surface area contributed by atoms with E-state index in [-0.39, 0.29) is 34.2 Å². The van der Waals surface area contributed by atoms with Crippen LogP contribution in [0.3, 0.4) is 0 Å². The maximum absolute atomic E-state index is 14.0. The van der Waals surface area contributed by atoms with E-state index in [0.717, 1.165) is 50.5 Å². The van der Waals surface area contributed by atoms with Gasteiger partial charge in [-0.05, 0) is 98.2 Å². The van der Waals surface area contributed by atoms with Crippen LogP contribution >= 0.6 is 11.6 Å². The number of hydrogen-bond donors (Lipinski definition) is 3. The topological polar surface area (TPSA) is 144 Å². The maximum atomic E-state index is 14.0. The SMILES string of the molecule is C=CC(=O)Nc1cc(Nc2nc(-c3ccnc(N4CCn5c(cc6c5CC(C)(C)C6)C4=O)c3CO)cn(C)c2=O)ccc1N1CCN(C2CCN(c3ccc(Cl)c(C(F)(F)F)c3)CC2)C[C@@H]1C. The Hall–Kier alpha value is -6.17. The Morgan fingerprint density at radius 2 is 1.79 bits per heavy atom. The molecule has 3 N–H and O–H groups in total. The number of piperidine rings is 1. The fourth-order valence-corrected chi connectivity index (χ4v) is 10.6. The molecule has 6 heterocycles. The summed E-state index contributed by atoms with van der Waals surface area (Å²) >= 11 is 5.88. The largest absolute Gasteiger partial charge is 0.417 e. The van der Waals surface area contributed by atoms with Gasteiger partial charge in [0.2, 0.25) is 5.91 Å². The van der Waals surface area contributed by atoms with Crippen molar-refractivity contribution >= 4 is 57.8 Å². The smallest absolute Gasteiger partial charge is 0.392 e. The van der Waals surface area contributed by atoms with Gasteiger partial charge in [0, 0.05) is 106 Å². The molecule has 1 atom stereocenters. The molecule has 3 aliphatic heterocycles. The van der Waals surface area contributed by atoms with Crippen LogP contribution in [0.25, 0.3) is 11.3 Å². The first-order chi connectivity index (χ1) is 31.9. The van der Waals surface area contributed by atoms with Crippen LogP contribution in [0, 0.1) is 5.41 Å². The minimum Gasteiger partial charge on any atom is -0.392 e. The van der Waals surface area contributed by atoms with Crippen LogP contribution < -0.4 is 30.9 Å². The highest BCUT2D eigenvalue weighted by atomic mass is 35.5. The first-order valence-corrected chi connectivity index (χ1v) is 23.0. The van der Waals surface area contributed by atoms with Crippen molar-refractivity contribution in [1.82, 2.24) is 24.0 Å². The van der Waals surface area contributed by atoms with E-state index in [4.69, 9.17) is 16.6 Å². The van der Waals surface area contributed by atoms with Crippen molar-refractivity contribution in [3.8, 4) is 11.3 Å². The van der Waals surface area contributed by atoms with Crippen LogP contribution in [0.2, 0.25) is 5.02 Å². The Balaban J connectivity index is 0.916. The molecular formula is C49H54ClF3N10O4. The Labute approximate surface area is 391 Å². The fourth-order valence-electron chi connectivity index (χ4n) is 10.4.